The number of hydrogen-bond donors (Lipinski definition) is 1. The number of quaternary nitrogens is 1. The first-order valence-electron chi connectivity index (χ1n) is 10.5. The molecule has 3 heterocycles. The van der Waals surface area contributed by atoms with E-state index in [-0.39, 0.29) is 17.1 Å². The number of carbonyl (C=O) groups excluding carboxylic acids is 1. The lowest BCUT2D eigenvalue weighted by Gasteiger charge is -2.23. The van der Waals surface area contributed by atoms with Gasteiger partial charge in [-0.25, -0.2) is 4.79 Å². The molecule has 2 aliphatic heterocycles. The molecule has 2 fully saturated rings. The summed E-state index contributed by atoms with van der Waals surface area (Å²) in [5.74, 6) is 0.887. The van der Waals surface area contributed by atoms with Crippen LogP contribution in [0.1, 0.15) is 68.9 Å². The summed E-state index contributed by atoms with van der Waals surface area (Å²) in [7, 11) is 0. The van der Waals surface area contributed by atoms with Crippen molar-refractivity contribution in [1.82, 2.24) is 15.1 Å². The number of aromatic nitrogens is 2. The van der Waals surface area contributed by atoms with E-state index in [1.54, 1.807) is 5.32 Å². The predicted octanol–water partition coefficient (Wildman–Crippen LogP) is 2.96. The predicted molar refractivity (Wildman–Crippen MR) is 106 cm³/mol. The van der Waals surface area contributed by atoms with E-state index in [9.17, 15) is 4.79 Å². The number of carbonyl (C=O) groups is 1. The first-order valence-corrected chi connectivity index (χ1v) is 11.5. The van der Waals surface area contributed by atoms with Crippen LogP contribution in [0.4, 0.5) is 6.01 Å². The second-order valence-corrected chi connectivity index (χ2v) is 9.55. The van der Waals surface area contributed by atoms with Crippen molar-refractivity contribution in [1.29, 1.82) is 0 Å². The van der Waals surface area contributed by atoms with Crippen molar-refractivity contribution < 1.29 is 14.5 Å². The molecule has 0 radical (unpaired) electrons. The molecule has 3 aliphatic rings. The van der Waals surface area contributed by atoms with Gasteiger partial charge in [0.15, 0.2) is 0 Å². The lowest BCUT2D eigenvalue weighted by molar-refractivity contribution is -0.505. The number of nitrogens with zero attached hydrogens (tertiary/aromatic N) is 3. The SMILES string of the molecule is O=C([NH2+]c1nnc(C2CCC(CN3CCCCCC3)S2)o1)C1CC=CCC1. The molecule has 0 saturated carbocycles. The lowest BCUT2D eigenvalue weighted by Crippen LogP contribution is -2.84. The van der Waals surface area contributed by atoms with E-state index in [1.807, 2.05) is 11.8 Å². The largest absolute Gasteiger partial charge is 0.429 e. The van der Waals surface area contributed by atoms with Gasteiger partial charge in [0.05, 0.1) is 11.2 Å². The van der Waals surface area contributed by atoms with Gasteiger partial charge >= 0.3 is 11.9 Å². The van der Waals surface area contributed by atoms with Crippen molar-refractivity contribution in [3.05, 3.63) is 18.0 Å². The number of amides is 1. The van der Waals surface area contributed by atoms with Gasteiger partial charge in [0.2, 0.25) is 5.89 Å². The van der Waals surface area contributed by atoms with Gasteiger partial charge in [-0.2, -0.15) is 5.32 Å². The summed E-state index contributed by atoms with van der Waals surface area (Å²) in [6.07, 6.45) is 14.7. The van der Waals surface area contributed by atoms with Crippen LogP contribution < -0.4 is 5.32 Å². The molecule has 0 aromatic carbocycles. The van der Waals surface area contributed by atoms with Gasteiger partial charge in [0, 0.05) is 11.8 Å². The maximum absolute atomic E-state index is 12.4. The molecule has 4 rings (SSSR count). The van der Waals surface area contributed by atoms with Crippen LogP contribution >= 0.6 is 11.8 Å². The van der Waals surface area contributed by atoms with Crippen LogP contribution in [0.15, 0.2) is 16.6 Å². The van der Waals surface area contributed by atoms with Crippen LogP contribution in [0.25, 0.3) is 0 Å². The monoisotopic (exact) mass is 391 g/mol. The Bertz CT molecular complexity index is 654. The number of thioether (sulfide) groups is 1. The summed E-state index contributed by atoms with van der Waals surface area (Å²) in [6.45, 7) is 3.68. The second kappa shape index (κ2) is 9.34. The Morgan fingerprint density at radius 2 is 2.00 bits per heavy atom. The minimum Gasteiger partial charge on any atom is -0.378 e. The highest BCUT2D eigenvalue weighted by Gasteiger charge is 2.33. The third-order valence-corrected chi connectivity index (χ3v) is 7.47. The molecule has 7 heteroatoms. The molecule has 3 unspecified atom stereocenters. The van der Waals surface area contributed by atoms with E-state index < -0.39 is 0 Å². The van der Waals surface area contributed by atoms with Crippen molar-refractivity contribution in [3.8, 4) is 0 Å². The van der Waals surface area contributed by atoms with E-state index in [2.05, 4.69) is 27.2 Å². The fourth-order valence-corrected chi connectivity index (χ4v) is 5.87. The number of hydrogen-bond acceptors (Lipinski definition) is 6. The highest BCUT2D eigenvalue weighted by Crippen LogP contribution is 2.44. The Labute approximate surface area is 165 Å². The van der Waals surface area contributed by atoms with Crippen LogP contribution in [0.3, 0.4) is 0 Å². The van der Waals surface area contributed by atoms with E-state index in [0.717, 1.165) is 25.7 Å². The standard InChI is InChI=1S/C20H30N4O2S/c25-18(15-8-4-3-5-9-15)21-20-23-22-19(26-20)17-11-10-16(27-17)14-24-12-6-1-2-7-13-24/h3-4,15-17H,1-2,5-14H2,(H,21,23,25)/p+1. The number of rotatable bonds is 5. The van der Waals surface area contributed by atoms with Crippen molar-refractivity contribution in [2.45, 2.75) is 68.3 Å². The summed E-state index contributed by atoms with van der Waals surface area (Å²) in [6, 6.07) is 0.376. The maximum Gasteiger partial charge on any atom is 0.429 e. The minimum absolute atomic E-state index is 0.0733. The van der Waals surface area contributed by atoms with Gasteiger partial charge in [-0.05, 0) is 58.0 Å². The molecule has 6 nitrogen and oxygen atoms in total. The Morgan fingerprint density at radius 1 is 1.15 bits per heavy atom. The Hall–Kier alpha value is -1.18. The van der Waals surface area contributed by atoms with Crippen molar-refractivity contribution in [2.24, 2.45) is 5.92 Å². The van der Waals surface area contributed by atoms with Gasteiger partial charge in [-0.3, -0.25) is 0 Å². The Morgan fingerprint density at radius 3 is 2.78 bits per heavy atom. The Balaban J connectivity index is 1.27. The number of likely N-dealkylation sites (tertiary alicyclic amines) is 1. The quantitative estimate of drug-likeness (QED) is 0.778. The summed E-state index contributed by atoms with van der Waals surface area (Å²) >= 11 is 1.98. The van der Waals surface area contributed by atoms with Crippen LogP contribution in [0.2, 0.25) is 0 Å². The maximum atomic E-state index is 12.4. The van der Waals surface area contributed by atoms with Crippen molar-refractivity contribution in [3.63, 3.8) is 0 Å². The smallest absolute Gasteiger partial charge is 0.378 e. The number of allylic oxidation sites excluding steroid dienone is 2. The zero-order valence-electron chi connectivity index (χ0n) is 16.0. The molecule has 1 aromatic heterocycles. The molecule has 2 saturated heterocycles. The second-order valence-electron chi connectivity index (χ2n) is 8.05. The lowest BCUT2D eigenvalue weighted by atomic mass is 9.94. The van der Waals surface area contributed by atoms with Gasteiger partial charge in [0.1, 0.15) is 0 Å². The fourth-order valence-electron chi connectivity index (χ4n) is 4.35. The highest BCUT2D eigenvalue weighted by molar-refractivity contribution is 8.00. The van der Waals surface area contributed by atoms with Gasteiger partial charge in [-0.1, -0.05) is 30.1 Å². The molecule has 148 valence electrons. The highest BCUT2D eigenvalue weighted by atomic mass is 32.2. The van der Waals surface area contributed by atoms with E-state index in [0.29, 0.717) is 17.2 Å². The van der Waals surface area contributed by atoms with Crippen molar-refractivity contribution in [2.75, 3.05) is 19.6 Å². The normalized spacial score (nSPS) is 29.7. The van der Waals surface area contributed by atoms with E-state index >= 15 is 0 Å². The topological polar surface area (TPSA) is 75.8 Å². The number of primary amides is 1. The van der Waals surface area contributed by atoms with Crippen LogP contribution in [0.5, 0.6) is 0 Å². The average molecular weight is 392 g/mol. The van der Waals surface area contributed by atoms with Gasteiger partial charge in [0.25, 0.3) is 0 Å². The third kappa shape index (κ3) is 5.21. The van der Waals surface area contributed by atoms with Crippen LogP contribution in [-0.2, 0) is 4.79 Å². The summed E-state index contributed by atoms with van der Waals surface area (Å²) in [5, 5.41) is 10.8. The van der Waals surface area contributed by atoms with Crippen molar-refractivity contribution >= 4 is 23.7 Å². The molecule has 2 N–H and O–H groups in total. The molecular weight excluding hydrogens is 360 g/mol. The zero-order valence-corrected chi connectivity index (χ0v) is 16.8. The van der Waals surface area contributed by atoms with Crippen LogP contribution in [-0.4, -0.2) is 45.9 Å². The third-order valence-electron chi connectivity index (χ3n) is 5.94. The molecule has 27 heavy (non-hydrogen) atoms. The Kier molecular flexibility index (Phi) is 6.63. The van der Waals surface area contributed by atoms with Gasteiger partial charge in [-0.15, -0.1) is 16.9 Å². The molecule has 1 amide bonds. The molecule has 1 aliphatic carbocycles. The first-order chi connectivity index (χ1) is 13.3. The van der Waals surface area contributed by atoms with E-state index in [1.165, 1.54) is 51.7 Å². The molecule has 0 spiro atoms. The minimum atomic E-state index is 0.0733. The van der Waals surface area contributed by atoms with Crippen LogP contribution in [0, 0.1) is 5.92 Å². The first kappa shape index (κ1) is 19.2. The summed E-state index contributed by atoms with van der Waals surface area (Å²) < 4.78 is 5.84. The number of nitrogens with two attached hydrogens (primary N) is 1. The average Bonchev–Trinajstić information content (AvgIpc) is 3.27. The summed E-state index contributed by atoms with van der Waals surface area (Å²) in [4.78, 5) is 15.0. The molecule has 1 aromatic rings. The summed E-state index contributed by atoms with van der Waals surface area (Å²) in [5.41, 5.74) is 0. The molecular formula is C20H31N4O2S+. The van der Waals surface area contributed by atoms with E-state index in [4.69, 9.17) is 4.42 Å². The molecule has 0 bridgehead atoms. The fraction of sp³-hybridized carbons (Fsp3) is 0.750. The van der Waals surface area contributed by atoms with Gasteiger partial charge < -0.3 is 9.32 Å². The zero-order chi connectivity index (χ0) is 18.5. The molecule has 3 atom stereocenters.